The van der Waals surface area contributed by atoms with Gasteiger partial charge in [0.05, 0.1) is 5.56 Å². The lowest BCUT2D eigenvalue weighted by Gasteiger charge is -2.08. The topological polar surface area (TPSA) is 92.4 Å². The Morgan fingerprint density at radius 2 is 2.00 bits per heavy atom. The number of carbonyl (C=O) groups is 2. The average Bonchev–Trinajstić information content (AvgIpc) is 2.31. The van der Waals surface area contributed by atoms with E-state index in [1.165, 1.54) is 6.07 Å². The van der Waals surface area contributed by atoms with Crippen LogP contribution in [0.4, 0.5) is 5.69 Å². The van der Waals surface area contributed by atoms with Crippen LogP contribution in [0.3, 0.4) is 0 Å². The molecule has 0 bridgehead atoms. The quantitative estimate of drug-likeness (QED) is 0.640. The minimum absolute atomic E-state index is 0.155. The number of benzene rings is 1. The lowest BCUT2D eigenvalue weighted by molar-refractivity contribution is -0.122. The third-order valence-electron chi connectivity index (χ3n) is 2.34. The summed E-state index contributed by atoms with van der Waals surface area (Å²) in [6, 6.07) is 6.36. The van der Waals surface area contributed by atoms with Gasteiger partial charge in [-0.05, 0) is 25.0 Å². The van der Waals surface area contributed by atoms with Gasteiger partial charge in [-0.25, -0.2) is 4.79 Å². The lowest BCUT2D eigenvalue weighted by atomic mass is 10.2. The van der Waals surface area contributed by atoms with E-state index in [1.807, 2.05) is 0 Å². The molecule has 0 unspecified atom stereocenters. The number of amides is 1. The minimum atomic E-state index is -0.988. The summed E-state index contributed by atoms with van der Waals surface area (Å²) in [6.07, 6.45) is 2.97. The van der Waals surface area contributed by atoms with Crippen molar-refractivity contribution in [2.75, 3.05) is 12.3 Å². The van der Waals surface area contributed by atoms with Gasteiger partial charge in [0, 0.05) is 18.7 Å². The Morgan fingerprint density at radius 1 is 1.29 bits per heavy atom. The van der Waals surface area contributed by atoms with Crippen LogP contribution in [0.5, 0.6) is 0 Å². The molecule has 17 heavy (non-hydrogen) atoms. The number of piperidine rings is 1. The van der Waals surface area contributed by atoms with Gasteiger partial charge in [-0.2, -0.15) is 0 Å². The number of carbonyl (C=O) groups excluding carboxylic acids is 1. The van der Waals surface area contributed by atoms with Gasteiger partial charge in [-0.1, -0.05) is 12.1 Å². The van der Waals surface area contributed by atoms with Gasteiger partial charge >= 0.3 is 5.97 Å². The third-order valence-corrected chi connectivity index (χ3v) is 2.34. The number of hydrogen-bond acceptors (Lipinski definition) is 3. The smallest absolute Gasteiger partial charge is 0.337 e. The number of hydrogen-bond donors (Lipinski definition) is 3. The molecule has 1 aliphatic heterocycles. The molecule has 1 saturated heterocycles. The number of nitrogens with one attached hydrogen (secondary N) is 1. The highest BCUT2D eigenvalue weighted by Crippen LogP contribution is 2.09. The molecule has 1 heterocycles. The molecule has 5 nitrogen and oxygen atoms in total. The molecular formula is C12H16N2O3. The number of para-hydroxylation sites is 1. The standard InChI is InChI=1S/C7H7NO2.C5H9NO/c8-6-4-2-1-3-5(6)7(9)10;7-5-3-1-2-4-6-5/h1-4H,8H2,(H,9,10);1-4H2,(H,6,7). The number of carboxylic acids is 1. The summed E-state index contributed by atoms with van der Waals surface area (Å²) in [5, 5.41) is 11.2. The van der Waals surface area contributed by atoms with Crippen LogP contribution >= 0.6 is 0 Å². The number of rotatable bonds is 1. The van der Waals surface area contributed by atoms with E-state index in [0.717, 1.165) is 25.8 Å². The largest absolute Gasteiger partial charge is 0.478 e. The van der Waals surface area contributed by atoms with E-state index in [1.54, 1.807) is 18.2 Å². The van der Waals surface area contributed by atoms with E-state index in [9.17, 15) is 9.59 Å². The first kappa shape index (κ1) is 13.0. The molecule has 1 aromatic rings. The molecule has 92 valence electrons. The molecule has 0 aliphatic carbocycles. The van der Waals surface area contributed by atoms with Crippen LogP contribution in [-0.2, 0) is 4.79 Å². The summed E-state index contributed by atoms with van der Waals surface area (Å²) >= 11 is 0. The molecule has 0 aromatic heterocycles. The Bertz CT molecular complexity index is 396. The van der Waals surface area contributed by atoms with E-state index in [4.69, 9.17) is 10.8 Å². The summed E-state index contributed by atoms with van der Waals surface area (Å²) in [5.41, 5.74) is 5.80. The molecule has 1 fully saturated rings. The Labute approximate surface area is 99.6 Å². The van der Waals surface area contributed by atoms with Crippen LogP contribution in [-0.4, -0.2) is 23.5 Å². The summed E-state index contributed by atoms with van der Waals surface area (Å²) in [4.78, 5) is 20.7. The Hall–Kier alpha value is -2.04. The van der Waals surface area contributed by atoms with Gasteiger partial charge in [-0.3, -0.25) is 4.79 Å². The van der Waals surface area contributed by atoms with Crippen LogP contribution in [0.25, 0.3) is 0 Å². The number of nitrogens with two attached hydrogens (primary N) is 1. The van der Waals surface area contributed by atoms with Crippen molar-refractivity contribution in [1.29, 1.82) is 0 Å². The fraction of sp³-hybridized carbons (Fsp3) is 0.333. The molecular weight excluding hydrogens is 220 g/mol. The Balaban J connectivity index is 0.000000181. The summed E-state index contributed by atoms with van der Waals surface area (Å²) in [6.45, 7) is 0.888. The van der Waals surface area contributed by atoms with Gasteiger partial charge in [0.25, 0.3) is 0 Å². The molecule has 5 heteroatoms. The van der Waals surface area contributed by atoms with Crippen molar-refractivity contribution < 1.29 is 14.7 Å². The van der Waals surface area contributed by atoms with E-state index in [-0.39, 0.29) is 11.5 Å². The molecule has 2 rings (SSSR count). The first-order valence-electron chi connectivity index (χ1n) is 5.45. The fourth-order valence-corrected chi connectivity index (χ4v) is 1.42. The first-order chi connectivity index (χ1) is 8.11. The second-order valence-corrected chi connectivity index (χ2v) is 3.70. The second-order valence-electron chi connectivity index (χ2n) is 3.70. The predicted molar refractivity (Wildman–Crippen MR) is 64.7 cm³/mol. The third kappa shape index (κ3) is 4.55. The summed E-state index contributed by atoms with van der Waals surface area (Å²) < 4.78 is 0. The molecule has 4 N–H and O–H groups in total. The first-order valence-corrected chi connectivity index (χ1v) is 5.45. The van der Waals surface area contributed by atoms with E-state index in [0.29, 0.717) is 5.69 Å². The van der Waals surface area contributed by atoms with Gasteiger partial charge in [0.2, 0.25) is 5.91 Å². The van der Waals surface area contributed by atoms with Crippen molar-refractivity contribution >= 4 is 17.6 Å². The Morgan fingerprint density at radius 3 is 2.35 bits per heavy atom. The second kappa shape index (κ2) is 6.52. The molecule has 1 amide bonds. The Kier molecular flexibility index (Phi) is 5.00. The molecule has 0 radical (unpaired) electrons. The molecule has 0 atom stereocenters. The van der Waals surface area contributed by atoms with Crippen LogP contribution in [0.15, 0.2) is 24.3 Å². The zero-order chi connectivity index (χ0) is 12.7. The number of carboxylic acid groups (broad SMARTS) is 1. The van der Waals surface area contributed by atoms with Crippen molar-refractivity contribution in [3.63, 3.8) is 0 Å². The maximum absolute atomic E-state index is 10.4. The average molecular weight is 236 g/mol. The SMILES string of the molecule is Nc1ccccc1C(=O)O.O=C1CCCCN1. The molecule has 0 saturated carbocycles. The molecule has 0 spiro atoms. The van der Waals surface area contributed by atoms with Crippen LogP contribution in [0.1, 0.15) is 29.6 Å². The zero-order valence-corrected chi connectivity index (χ0v) is 9.48. The maximum Gasteiger partial charge on any atom is 0.337 e. The van der Waals surface area contributed by atoms with Crippen LogP contribution < -0.4 is 11.1 Å². The zero-order valence-electron chi connectivity index (χ0n) is 9.48. The highest BCUT2D eigenvalue weighted by Gasteiger charge is 2.04. The summed E-state index contributed by atoms with van der Waals surface area (Å²) in [5.74, 6) is -0.774. The van der Waals surface area contributed by atoms with E-state index < -0.39 is 5.97 Å². The highest BCUT2D eigenvalue weighted by molar-refractivity contribution is 5.93. The van der Waals surface area contributed by atoms with E-state index >= 15 is 0 Å². The lowest BCUT2D eigenvalue weighted by Crippen LogP contribution is -2.28. The van der Waals surface area contributed by atoms with Crippen LogP contribution in [0, 0.1) is 0 Å². The van der Waals surface area contributed by atoms with Crippen molar-refractivity contribution in [2.45, 2.75) is 19.3 Å². The monoisotopic (exact) mass is 236 g/mol. The number of aromatic carboxylic acids is 1. The number of anilines is 1. The predicted octanol–water partition coefficient (Wildman–Crippen LogP) is 1.25. The van der Waals surface area contributed by atoms with Gasteiger partial charge in [-0.15, -0.1) is 0 Å². The van der Waals surface area contributed by atoms with Crippen molar-refractivity contribution in [3.8, 4) is 0 Å². The maximum atomic E-state index is 10.4. The molecule has 1 aromatic carbocycles. The summed E-state index contributed by atoms with van der Waals surface area (Å²) in [7, 11) is 0. The van der Waals surface area contributed by atoms with E-state index in [2.05, 4.69) is 5.32 Å². The normalized spacial score (nSPS) is 14.2. The van der Waals surface area contributed by atoms with Crippen LogP contribution in [0.2, 0.25) is 0 Å². The minimum Gasteiger partial charge on any atom is -0.478 e. The number of nitrogen functional groups attached to an aromatic ring is 1. The van der Waals surface area contributed by atoms with Crippen molar-refractivity contribution in [1.82, 2.24) is 5.32 Å². The van der Waals surface area contributed by atoms with Crippen molar-refractivity contribution in [2.24, 2.45) is 0 Å². The van der Waals surface area contributed by atoms with Gasteiger partial charge in [0.15, 0.2) is 0 Å². The van der Waals surface area contributed by atoms with Gasteiger partial charge in [0.1, 0.15) is 0 Å². The highest BCUT2D eigenvalue weighted by atomic mass is 16.4. The van der Waals surface area contributed by atoms with Gasteiger partial charge < -0.3 is 16.2 Å². The molecule has 1 aliphatic rings. The fourth-order valence-electron chi connectivity index (χ4n) is 1.42. The van der Waals surface area contributed by atoms with Crippen molar-refractivity contribution in [3.05, 3.63) is 29.8 Å².